The Balaban J connectivity index is 1.77. The standard InChI is InChI=1S/C18H17F3N2O3/c1-10-22-15(9-17(25)23-10)16(24)8-14(11-2-3-11)12-4-6-13(7-5-12)26-18(19,20)21/h4-7,9,11,14H,2-3,8H2,1H3,(H,22,23,25)/t14-/m1/s1. The van der Waals surface area contributed by atoms with E-state index in [-0.39, 0.29) is 29.6 Å². The fourth-order valence-electron chi connectivity index (χ4n) is 3.00. The van der Waals surface area contributed by atoms with Gasteiger partial charge in [-0.15, -0.1) is 13.2 Å². The van der Waals surface area contributed by atoms with E-state index in [2.05, 4.69) is 14.7 Å². The molecule has 1 atom stereocenters. The van der Waals surface area contributed by atoms with Crippen LogP contribution in [0.25, 0.3) is 0 Å². The number of rotatable bonds is 6. The molecule has 1 aromatic carbocycles. The van der Waals surface area contributed by atoms with Gasteiger partial charge in [0.05, 0.1) is 0 Å². The molecule has 1 saturated carbocycles. The van der Waals surface area contributed by atoms with Crippen molar-refractivity contribution < 1.29 is 22.7 Å². The summed E-state index contributed by atoms with van der Waals surface area (Å²) in [6, 6.07) is 6.76. The van der Waals surface area contributed by atoms with Crippen molar-refractivity contribution >= 4 is 5.78 Å². The van der Waals surface area contributed by atoms with E-state index < -0.39 is 11.9 Å². The molecule has 0 amide bonds. The van der Waals surface area contributed by atoms with Gasteiger partial charge in [-0.2, -0.15) is 0 Å². The predicted molar refractivity (Wildman–Crippen MR) is 87.1 cm³/mol. The molecule has 138 valence electrons. The summed E-state index contributed by atoms with van der Waals surface area (Å²) in [4.78, 5) is 30.6. The molecule has 0 radical (unpaired) electrons. The van der Waals surface area contributed by atoms with E-state index >= 15 is 0 Å². The molecule has 0 spiro atoms. The van der Waals surface area contributed by atoms with Crippen molar-refractivity contribution in [2.45, 2.75) is 38.5 Å². The molecule has 26 heavy (non-hydrogen) atoms. The van der Waals surface area contributed by atoms with Gasteiger partial charge in [-0.1, -0.05) is 12.1 Å². The summed E-state index contributed by atoms with van der Waals surface area (Å²) in [6.07, 6.45) is -2.67. The van der Waals surface area contributed by atoms with E-state index in [1.165, 1.54) is 18.2 Å². The molecule has 0 unspecified atom stereocenters. The molecule has 2 aromatic rings. The first-order chi connectivity index (χ1) is 12.2. The van der Waals surface area contributed by atoms with Gasteiger partial charge in [-0.3, -0.25) is 9.59 Å². The lowest BCUT2D eigenvalue weighted by Crippen LogP contribution is -2.17. The minimum atomic E-state index is -4.74. The fourth-order valence-corrected chi connectivity index (χ4v) is 3.00. The van der Waals surface area contributed by atoms with Gasteiger partial charge >= 0.3 is 6.36 Å². The van der Waals surface area contributed by atoms with Crippen LogP contribution in [0.15, 0.2) is 35.1 Å². The van der Waals surface area contributed by atoms with Crippen molar-refractivity contribution in [3.8, 4) is 5.75 Å². The Morgan fingerprint density at radius 2 is 1.96 bits per heavy atom. The maximum atomic E-state index is 12.5. The number of hydrogen-bond acceptors (Lipinski definition) is 4. The zero-order valence-corrected chi connectivity index (χ0v) is 14.0. The van der Waals surface area contributed by atoms with Crippen LogP contribution in [0.1, 0.15) is 47.1 Å². The molecule has 1 aliphatic rings. The van der Waals surface area contributed by atoms with Crippen LogP contribution in [0, 0.1) is 12.8 Å². The highest BCUT2D eigenvalue weighted by atomic mass is 19.4. The van der Waals surface area contributed by atoms with Gasteiger partial charge in [0, 0.05) is 12.5 Å². The van der Waals surface area contributed by atoms with Gasteiger partial charge in [0.15, 0.2) is 5.78 Å². The molecular weight excluding hydrogens is 349 g/mol. The minimum Gasteiger partial charge on any atom is -0.406 e. The first kappa shape index (κ1) is 18.2. The number of halogens is 3. The lowest BCUT2D eigenvalue weighted by atomic mass is 9.88. The van der Waals surface area contributed by atoms with Crippen LogP contribution in [-0.2, 0) is 0 Å². The van der Waals surface area contributed by atoms with Crippen molar-refractivity contribution in [2.24, 2.45) is 5.92 Å². The van der Waals surface area contributed by atoms with Gasteiger partial charge in [-0.05, 0) is 49.3 Å². The van der Waals surface area contributed by atoms with Crippen molar-refractivity contribution in [2.75, 3.05) is 0 Å². The zero-order chi connectivity index (χ0) is 18.9. The van der Waals surface area contributed by atoms with Crippen LogP contribution < -0.4 is 10.3 Å². The second-order valence-electron chi connectivity index (χ2n) is 6.40. The molecule has 3 rings (SSSR count). The van der Waals surface area contributed by atoms with Crippen LogP contribution >= 0.6 is 0 Å². The molecule has 1 aliphatic carbocycles. The van der Waals surface area contributed by atoms with E-state index in [1.54, 1.807) is 19.1 Å². The molecule has 1 N–H and O–H groups in total. The maximum Gasteiger partial charge on any atom is 0.573 e. The highest BCUT2D eigenvalue weighted by Gasteiger charge is 2.35. The normalized spacial score (nSPS) is 15.5. The van der Waals surface area contributed by atoms with Crippen LogP contribution in [0.4, 0.5) is 13.2 Å². The zero-order valence-electron chi connectivity index (χ0n) is 14.0. The lowest BCUT2D eigenvalue weighted by molar-refractivity contribution is -0.274. The molecule has 0 saturated heterocycles. The topological polar surface area (TPSA) is 72.0 Å². The molecule has 1 aromatic heterocycles. The van der Waals surface area contributed by atoms with Gasteiger partial charge in [0.1, 0.15) is 17.3 Å². The number of carbonyl (C=O) groups excluding carboxylic acids is 1. The quantitative estimate of drug-likeness (QED) is 0.791. The number of carbonyl (C=O) groups is 1. The summed E-state index contributed by atoms with van der Waals surface area (Å²) in [5, 5.41) is 0. The highest BCUT2D eigenvalue weighted by Crippen LogP contribution is 2.45. The van der Waals surface area contributed by atoms with Gasteiger partial charge < -0.3 is 9.72 Å². The number of ether oxygens (including phenoxy) is 1. The van der Waals surface area contributed by atoms with Crippen LogP contribution in [-0.4, -0.2) is 22.1 Å². The largest absolute Gasteiger partial charge is 0.573 e. The van der Waals surface area contributed by atoms with Crippen LogP contribution in [0.5, 0.6) is 5.75 Å². The summed E-state index contributed by atoms with van der Waals surface area (Å²) < 4.78 is 40.7. The number of nitrogens with one attached hydrogen (secondary N) is 1. The lowest BCUT2D eigenvalue weighted by Gasteiger charge is -2.17. The Morgan fingerprint density at radius 3 is 2.50 bits per heavy atom. The molecule has 1 heterocycles. The third kappa shape index (κ3) is 4.71. The van der Waals surface area contributed by atoms with E-state index in [1.807, 2.05) is 0 Å². The molecular formula is C18H17F3N2O3. The molecule has 5 nitrogen and oxygen atoms in total. The number of benzene rings is 1. The van der Waals surface area contributed by atoms with Crippen LogP contribution in [0.3, 0.4) is 0 Å². The smallest absolute Gasteiger partial charge is 0.406 e. The number of aryl methyl sites for hydroxylation is 1. The number of hydrogen-bond donors (Lipinski definition) is 1. The fraction of sp³-hybridized carbons (Fsp3) is 0.389. The number of nitrogens with zero attached hydrogens (tertiary/aromatic N) is 1. The SMILES string of the molecule is Cc1nc(C(=O)C[C@@H](c2ccc(OC(F)(F)F)cc2)C2CC2)cc(=O)[nH]1. The average molecular weight is 366 g/mol. The van der Waals surface area contributed by atoms with Crippen molar-refractivity contribution in [1.82, 2.24) is 9.97 Å². The van der Waals surface area contributed by atoms with E-state index in [4.69, 9.17) is 0 Å². The minimum absolute atomic E-state index is 0.105. The summed E-state index contributed by atoms with van der Waals surface area (Å²) in [5.41, 5.74) is 0.489. The molecule has 0 aliphatic heterocycles. The molecule has 8 heteroatoms. The van der Waals surface area contributed by atoms with E-state index in [9.17, 15) is 22.8 Å². The van der Waals surface area contributed by atoms with Crippen molar-refractivity contribution in [3.05, 3.63) is 57.8 Å². The first-order valence-corrected chi connectivity index (χ1v) is 8.18. The third-order valence-electron chi connectivity index (χ3n) is 4.28. The number of Topliss-reactive ketones (excluding diaryl/α,β-unsaturated/α-hetero) is 1. The second-order valence-corrected chi connectivity index (χ2v) is 6.40. The van der Waals surface area contributed by atoms with Gasteiger partial charge in [0.25, 0.3) is 5.56 Å². The monoisotopic (exact) mass is 366 g/mol. The number of aromatic amines is 1. The molecule has 0 bridgehead atoms. The Morgan fingerprint density at radius 1 is 1.31 bits per heavy atom. The Labute approximate surface area is 147 Å². The van der Waals surface area contributed by atoms with Gasteiger partial charge in [-0.25, -0.2) is 4.98 Å². The average Bonchev–Trinajstić information content (AvgIpc) is 3.35. The number of H-pyrrole nitrogens is 1. The van der Waals surface area contributed by atoms with Gasteiger partial charge in [0.2, 0.25) is 0 Å². The predicted octanol–water partition coefficient (Wildman–Crippen LogP) is 3.74. The maximum absolute atomic E-state index is 12.5. The second kappa shape index (κ2) is 6.93. The first-order valence-electron chi connectivity index (χ1n) is 8.18. The summed E-state index contributed by atoms with van der Waals surface area (Å²) in [5.74, 6) is -0.0153. The Hall–Kier alpha value is -2.64. The highest BCUT2D eigenvalue weighted by molar-refractivity contribution is 5.94. The summed E-state index contributed by atoms with van der Waals surface area (Å²) in [6.45, 7) is 1.59. The number of alkyl halides is 3. The Bertz CT molecular complexity index is 855. The number of aromatic nitrogens is 2. The summed E-state index contributed by atoms with van der Waals surface area (Å²) in [7, 11) is 0. The van der Waals surface area contributed by atoms with Crippen LogP contribution in [0.2, 0.25) is 0 Å². The molecule has 1 fully saturated rings. The van der Waals surface area contributed by atoms with Crippen molar-refractivity contribution in [1.29, 1.82) is 0 Å². The van der Waals surface area contributed by atoms with E-state index in [0.29, 0.717) is 11.7 Å². The van der Waals surface area contributed by atoms with Crippen molar-refractivity contribution in [3.63, 3.8) is 0 Å². The third-order valence-corrected chi connectivity index (χ3v) is 4.28. The summed E-state index contributed by atoms with van der Waals surface area (Å²) >= 11 is 0. The van der Waals surface area contributed by atoms with E-state index in [0.717, 1.165) is 18.4 Å². The number of ketones is 1. The Kier molecular flexibility index (Phi) is 4.84.